The normalized spacial score (nSPS) is 10.1. The second-order valence-electron chi connectivity index (χ2n) is 3.39. The molecule has 18 heavy (non-hydrogen) atoms. The van der Waals surface area contributed by atoms with E-state index in [4.69, 9.17) is 9.84 Å². The molecule has 0 amide bonds. The van der Waals surface area contributed by atoms with Gasteiger partial charge in [-0.2, -0.15) is 0 Å². The van der Waals surface area contributed by atoms with Crippen molar-refractivity contribution in [3.8, 4) is 11.5 Å². The van der Waals surface area contributed by atoms with Crippen LogP contribution >= 0.6 is 0 Å². The second kappa shape index (κ2) is 4.79. The molecule has 1 heterocycles. The first-order valence-electron chi connectivity index (χ1n) is 4.88. The van der Waals surface area contributed by atoms with Gasteiger partial charge in [-0.1, -0.05) is 0 Å². The van der Waals surface area contributed by atoms with Crippen molar-refractivity contribution in [1.29, 1.82) is 0 Å². The van der Waals surface area contributed by atoms with Gasteiger partial charge in [-0.3, -0.25) is 0 Å². The standard InChI is InChI=1S/C12H7F2NO3/c13-7-3-8(14)5-10(4-7)18-9-1-2-11(12(16)17)15-6-9/h1-6H,(H,16,17). The maximum absolute atomic E-state index is 12.9. The molecule has 0 aliphatic rings. The van der Waals surface area contributed by atoms with Crippen LogP contribution in [0.5, 0.6) is 11.5 Å². The van der Waals surface area contributed by atoms with Gasteiger partial charge in [0.1, 0.15) is 28.8 Å². The van der Waals surface area contributed by atoms with E-state index in [1.807, 2.05) is 0 Å². The van der Waals surface area contributed by atoms with Gasteiger partial charge in [0.15, 0.2) is 0 Å². The van der Waals surface area contributed by atoms with E-state index < -0.39 is 17.6 Å². The molecule has 1 N–H and O–H groups in total. The number of aromatic nitrogens is 1. The van der Waals surface area contributed by atoms with E-state index in [0.717, 1.165) is 24.4 Å². The highest BCUT2D eigenvalue weighted by Crippen LogP contribution is 2.22. The van der Waals surface area contributed by atoms with Crippen LogP contribution in [-0.2, 0) is 0 Å². The minimum absolute atomic E-state index is 0.0302. The fourth-order valence-electron chi connectivity index (χ4n) is 1.29. The van der Waals surface area contributed by atoms with Gasteiger partial charge >= 0.3 is 5.97 Å². The van der Waals surface area contributed by atoms with E-state index >= 15 is 0 Å². The summed E-state index contributed by atoms with van der Waals surface area (Å²) in [5, 5.41) is 8.64. The van der Waals surface area contributed by atoms with Gasteiger partial charge in [0, 0.05) is 18.2 Å². The fourth-order valence-corrected chi connectivity index (χ4v) is 1.29. The van der Waals surface area contributed by atoms with E-state index in [-0.39, 0.29) is 17.2 Å². The average Bonchev–Trinajstić information content (AvgIpc) is 2.28. The van der Waals surface area contributed by atoms with Crippen LogP contribution in [0, 0.1) is 11.6 Å². The van der Waals surface area contributed by atoms with Crippen molar-refractivity contribution in [2.75, 3.05) is 0 Å². The van der Waals surface area contributed by atoms with Crippen molar-refractivity contribution < 1.29 is 23.4 Å². The first-order chi connectivity index (χ1) is 8.54. The summed E-state index contributed by atoms with van der Waals surface area (Å²) in [7, 11) is 0. The lowest BCUT2D eigenvalue weighted by Gasteiger charge is -2.05. The summed E-state index contributed by atoms with van der Waals surface area (Å²) in [6.07, 6.45) is 1.16. The molecule has 2 aromatic rings. The number of ether oxygens (including phenoxy) is 1. The number of benzene rings is 1. The number of carboxylic acids is 1. The van der Waals surface area contributed by atoms with E-state index in [1.54, 1.807) is 0 Å². The second-order valence-corrected chi connectivity index (χ2v) is 3.39. The molecule has 0 unspecified atom stereocenters. The van der Waals surface area contributed by atoms with Crippen LogP contribution in [-0.4, -0.2) is 16.1 Å². The van der Waals surface area contributed by atoms with E-state index in [0.29, 0.717) is 0 Å². The van der Waals surface area contributed by atoms with Gasteiger partial charge in [0.25, 0.3) is 0 Å². The molecule has 92 valence electrons. The van der Waals surface area contributed by atoms with Gasteiger partial charge in [-0.05, 0) is 12.1 Å². The highest BCUT2D eigenvalue weighted by molar-refractivity contribution is 5.85. The molecular formula is C12H7F2NO3. The van der Waals surface area contributed by atoms with Crippen molar-refractivity contribution in [2.24, 2.45) is 0 Å². The monoisotopic (exact) mass is 251 g/mol. The third-order valence-corrected chi connectivity index (χ3v) is 2.03. The minimum atomic E-state index is -1.17. The largest absolute Gasteiger partial charge is 0.477 e. The molecule has 2 rings (SSSR count). The molecule has 0 radical (unpaired) electrons. The lowest BCUT2D eigenvalue weighted by Crippen LogP contribution is -1.99. The van der Waals surface area contributed by atoms with Crippen molar-refractivity contribution in [2.45, 2.75) is 0 Å². The van der Waals surface area contributed by atoms with Gasteiger partial charge in [-0.15, -0.1) is 0 Å². The smallest absolute Gasteiger partial charge is 0.354 e. The van der Waals surface area contributed by atoms with Crippen LogP contribution in [0.3, 0.4) is 0 Å². The number of halogens is 2. The topological polar surface area (TPSA) is 59.4 Å². The predicted octanol–water partition coefficient (Wildman–Crippen LogP) is 2.85. The first kappa shape index (κ1) is 12.0. The first-order valence-corrected chi connectivity index (χ1v) is 4.88. The summed E-state index contributed by atoms with van der Waals surface area (Å²) in [6, 6.07) is 5.31. The van der Waals surface area contributed by atoms with Crippen LogP contribution in [0.4, 0.5) is 8.78 Å². The third-order valence-electron chi connectivity index (χ3n) is 2.03. The molecule has 0 spiro atoms. The number of rotatable bonds is 3. The number of carbonyl (C=O) groups is 1. The van der Waals surface area contributed by atoms with Crippen LogP contribution < -0.4 is 4.74 Å². The third kappa shape index (κ3) is 2.79. The molecule has 0 aliphatic heterocycles. The Morgan fingerprint density at radius 2 is 1.78 bits per heavy atom. The lowest BCUT2D eigenvalue weighted by molar-refractivity contribution is 0.0690. The summed E-state index contributed by atoms with van der Waals surface area (Å²) in [5.74, 6) is -2.54. The molecule has 4 nitrogen and oxygen atoms in total. The summed E-state index contributed by atoms with van der Waals surface area (Å²) in [5.41, 5.74) is -0.146. The number of aromatic carboxylic acids is 1. The Labute approximate surface area is 100 Å². The molecule has 0 aliphatic carbocycles. The zero-order valence-corrected chi connectivity index (χ0v) is 8.93. The van der Waals surface area contributed by atoms with Crippen LogP contribution in [0.15, 0.2) is 36.5 Å². The van der Waals surface area contributed by atoms with Gasteiger partial charge < -0.3 is 9.84 Å². The summed E-state index contributed by atoms with van der Waals surface area (Å²) in [4.78, 5) is 14.2. The Hall–Kier alpha value is -2.50. The molecule has 0 atom stereocenters. The molecule has 0 saturated carbocycles. The van der Waals surface area contributed by atoms with E-state index in [9.17, 15) is 13.6 Å². The van der Waals surface area contributed by atoms with E-state index in [2.05, 4.69) is 4.98 Å². The lowest BCUT2D eigenvalue weighted by atomic mass is 10.3. The van der Waals surface area contributed by atoms with Crippen molar-refractivity contribution in [3.05, 3.63) is 53.9 Å². The quantitative estimate of drug-likeness (QED) is 0.911. The SMILES string of the molecule is O=C(O)c1ccc(Oc2cc(F)cc(F)c2)cn1. The molecule has 0 saturated heterocycles. The number of carboxylic acid groups (broad SMARTS) is 1. The maximum atomic E-state index is 12.9. The molecule has 1 aromatic carbocycles. The predicted molar refractivity (Wildman–Crippen MR) is 57.6 cm³/mol. The molecular weight excluding hydrogens is 244 g/mol. The van der Waals surface area contributed by atoms with Crippen molar-refractivity contribution in [1.82, 2.24) is 4.98 Å². The summed E-state index contributed by atoms with van der Waals surface area (Å²) >= 11 is 0. The van der Waals surface area contributed by atoms with Crippen molar-refractivity contribution >= 4 is 5.97 Å². The Kier molecular flexibility index (Phi) is 3.18. The molecule has 0 fully saturated rings. The minimum Gasteiger partial charge on any atom is -0.477 e. The molecule has 0 bridgehead atoms. The Morgan fingerprint density at radius 1 is 1.11 bits per heavy atom. The Balaban J connectivity index is 2.20. The number of hydrogen-bond acceptors (Lipinski definition) is 3. The number of nitrogens with zero attached hydrogens (tertiary/aromatic N) is 1. The number of hydrogen-bond donors (Lipinski definition) is 1. The average molecular weight is 251 g/mol. The highest BCUT2D eigenvalue weighted by atomic mass is 19.1. The summed E-state index contributed by atoms with van der Waals surface area (Å²) in [6.45, 7) is 0. The van der Waals surface area contributed by atoms with E-state index in [1.165, 1.54) is 12.1 Å². The number of pyridine rings is 1. The van der Waals surface area contributed by atoms with Gasteiger partial charge in [-0.25, -0.2) is 18.6 Å². The van der Waals surface area contributed by atoms with Crippen LogP contribution in [0.2, 0.25) is 0 Å². The van der Waals surface area contributed by atoms with Crippen molar-refractivity contribution in [3.63, 3.8) is 0 Å². The zero-order chi connectivity index (χ0) is 13.1. The van der Waals surface area contributed by atoms with Gasteiger partial charge in [0.2, 0.25) is 0 Å². The van der Waals surface area contributed by atoms with Crippen LogP contribution in [0.1, 0.15) is 10.5 Å². The van der Waals surface area contributed by atoms with Gasteiger partial charge in [0.05, 0.1) is 6.20 Å². The van der Waals surface area contributed by atoms with Crippen LogP contribution in [0.25, 0.3) is 0 Å². The summed E-state index contributed by atoms with van der Waals surface area (Å²) < 4.78 is 30.9. The fraction of sp³-hybridized carbons (Fsp3) is 0. The Bertz CT molecular complexity index is 564. The zero-order valence-electron chi connectivity index (χ0n) is 8.93. The molecule has 1 aromatic heterocycles. The highest BCUT2D eigenvalue weighted by Gasteiger charge is 2.06. The Morgan fingerprint density at radius 3 is 2.28 bits per heavy atom. The molecule has 6 heteroatoms. The maximum Gasteiger partial charge on any atom is 0.354 e.